The van der Waals surface area contributed by atoms with Crippen molar-refractivity contribution in [2.45, 2.75) is 13.5 Å². The van der Waals surface area contributed by atoms with Gasteiger partial charge in [-0.1, -0.05) is 29.8 Å². The Labute approximate surface area is 117 Å². The number of carbonyl (C=O) groups is 1. The van der Waals surface area contributed by atoms with Crippen molar-refractivity contribution in [3.05, 3.63) is 59.2 Å². The van der Waals surface area contributed by atoms with Crippen molar-refractivity contribution in [3.8, 4) is 11.5 Å². The molecule has 104 valence electrons. The lowest BCUT2D eigenvalue weighted by molar-refractivity contribution is 0.0469. The zero-order valence-corrected chi connectivity index (χ0v) is 11.4. The molecule has 0 atom stereocenters. The van der Waals surface area contributed by atoms with Crippen LogP contribution < -0.4 is 4.74 Å². The number of carbonyl (C=O) groups excluding carboxylic acids is 1. The van der Waals surface area contributed by atoms with E-state index < -0.39 is 5.97 Å². The van der Waals surface area contributed by atoms with Gasteiger partial charge in [-0.3, -0.25) is 0 Å². The smallest absolute Gasteiger partial charge is 0.342 e. The number of aryl methyl sites for hydroxylation is 1. The number of hydrogen-bond donors (Lipinski definition) is 1. The fourth-order valence-corrected chi connectivity index (χ4v) is 1.83. The van der Waals surface area contributed by atoms with Crippen LogP contribution in [0.2, 0.25) is 0 Å². The molecule has 4 heteroatoms. The summed E-state index contributed by atoms with van der Waals surface area (Å²) in [7, 11) is 1.49. The fraction of sp³-hybridized carbons (Fsp3) is 0.188. The number of rotatable bonds is 4. The minimum Gasteiger partial charge on any atom is -0.507 e. The largest absolute Gasteiger partial charge is 0.507 e. The van der Waals surface area contributed by atoms with Crippen LogP contribution in [0.15, 0.2) is 42.5 Å². The minimum atomic E-state index is -0.581. The summed E-state index contributed by atoms with van der Waals surface area (Å²) in [6, 6.07) is 12.1. The molecule has 0 aliphatic heterocycles. The third-order valence-corrected chi connectivity index (χ3v) is 2.88. The quantitative estimate of drug-likeness (QED) is 0.869. The topological polar surface area (TPSA) is 55.8 Å². The van der Waals surface area contributed by atoms with Gasteiger partial charge in [-0.05, 0) is 30.7 Å². The van der Waals surface area contributed by atoms with Crippen LogP contribution in [0.5, 0.6) is 11.5 Å². The molecule has 2 aromatic carbocycles. The second-order valence-electron chi connectivity index (χ2n) is 4.45. The Hall–Kier alpha value is -2.49. The number of methoxy groups -OCH3 is 1. The van der Waals surface area contributed by atoms with Gasteiger partial charge in [0, 0.05) is 0 Å². The first-order valence-electron chi connectivity index (χ1n) is 6.20. The van der Waals surface area contributed by atoms with Crippen molar-refractivity contribution >= 4 is 5.97 Å². The van der Waals surface area contributed by atoms with Gasteiger partial charge >= 0.3 is 5.97 Å². The van der Waals surface area contributed by atoms with Crippen molar-refractivity contribution in [1.82, 2.24) is 0 Å². The maximum atomic E-state index is 12.0. The van der Waals surface area contributed by atoms with Gasteiger partial charge in [0.1, 0.15) is 23.7 Å². The summed E-state index contributed by atoms with van der Waals surface area (Å²) < 4.78 is 10.2. The average Bonchev–Trinajstić information content (AvgIpc) is 2.45. The molecular weight excluding hydrogens is 256 g/mol. The van der Waals surface area contributed by atoms with E-state index >= 15 is 0 Å². The third-order valence-electron chi connectivity index (χ3n) is 2.88. The predicted octanol–water partition coefficient (Wildman–Crippen LogP) is 3.07. The highest BCUT2D eigenvalue weighted by molar-refractivity contribution is 5.92. The molecule has 0 aliphatic rings. The molecule has 0 aliphatic carbocycles. The molecule has 20 heavy (non-hydrogen) atoms. The zero-order chi connectivity index (χ0) is 14.5. The molecule has 0 bridgehead atoms. The van der Waals surface area contributed by atoms with Gasteiger partial charge in [-0.2, -0.15) is 0 Å². The van der Waals surface area contributed by atoms with E-state index in [1.54, 1.807) is 6.07 Å². The third kappa shape index (κ3) is 3.29. The van der Waals surface area contributed by atoms with Crippen molar-refractivity contribution in [2.24, 2.45) is 0 Å². The highest BCUT2D eigenvalue weighted by atomic mass is 16.5. The molecule has 4 nitrogen and oxygen atoms in total. The Kier molecular flexibility index (Phi) is 4.25. The van der Waals surface area contributed by atoms with Crippen molar-refractivity contribution < 1.29 is 19.4 Å². The molecule has 0 aromatic heterocycles. The van der Waals surface area contributed by atoms with Crippen LogP contribution in [0.25, 0.3) is 0 Å². The Balaban J connectivity index is 2.08. The van der Waals surface area contributed by atoms with Gasteiger partial charge in [0.05, 0.1) is 7.11 Å². The van der Waals surface area contributed by atoms with E-state index in [-0.39, 0.29) is 17.9 Å². The summed E-state index contributed by atoms with van der Waals surface area (Å²) in [4.78, 5) is 12.0. The SMILES string of the molecule is COc1ccc(O)c(C(=O)OCc2cccc(C)c2)c1. The number of esters is 1. The maximum Gasteiger partial charge on any atom is 0.342 e. The van der Waals surface area contributed by atoms with Crippen molar-refractivity contribution in [3.63, 3.8) is 0 Å². The summed E-state index contributed by atoms with van der Waals surface area (Å²) in [5.41, 5.74) is 2.10. The first-order valence-corrected chi connectivity index (χ1v) is 6.20. The average molecular weight is 272 g/mol. The van der Waals surface area contributed by atoms with Crippen LogP contribution in [0.1, 0.15) is 21.5 Å². The van der Waals surface area contributed by atoms with Crippen molar-refractivity contribution in [1.29, 1.82) is 0 Å². The lowest BCUT2D eigenvalue weighted by Gasteiger charge is -2.08. The number of phenolic OH excluding ortho intramolecular Hbond substituents is 1. The highest BCUT2D eigenvalue weighted by Crippen LogP contribution is 2.23. The van der Waals surface area contributed by atoms with Gasteiger partial charge < -0.3 is 14.6 Å². The maximum absolute atomic E-state index is 12.0. The Morgan fingerprint density at radius 2 is 2.00 bits per heavy atom. The minimum absolute atomic E-state index is 0.0944. The van der Waals surface area contributed by atoms with E-state index in [1.807, 2.05) is 31.2 Å². The van der Waals surface area contributed by atoms with Crippen LogP contribution in [-0.2, 0) is 11.3 Å². The second-order valence-corrected chi connectivity index (χ2v) is 4.45. The predicted molar refractivity (Wildman–Crippen MR) is 75.0 cm³/mol. The number of phenols is 1. The van der Waals surface area contributed by atoms with Crippen LogP contribution in [-0.4, -0.2) is 18.2 Å². The van der Waals surface area contributed by atoms with E-state index in [1.165, 1.54) is 19.2 Å². The molecule has 0 spiro atoms. The standard InChI is InChI=1S/C16H16O4/c1-11-4-3-5-12(8-11)10-20-16(18)14-9-13(19-2)6-7-15(14)17/h3-9,17H,10H2,1-2H3. The molecule has 0 saturated carbocycles. The van der Waals surface area contributed by atoms with Crippen molar-refractivity contribution in [2.75, 3.05) is 7.11 Å². The summed E-state index contributed by atoms with van der Waals surface area (Å²) in [5.74, 6) is -0.215. The summed E-state index contributed by atoms with van der Waals surface area (Å²) >= 11 is 0. The molecular formula is C16H16O4. The second kappa shape index (κ2) is 6.10. The Morgan fingerprint density at radius 1 is 1.20 bits per heavy atom. The van der Waals surface area contributed by atoms with Gasteiger partial charge in [0.15, 0.2) is 0 Å². The first kappa shape index (κ1) is 13.9. The molecule has 2 aromatic rings. The molecule has 0 amide bonds. The van der Waals surface area contributed by atoms with Gasteiger partial charge in [0.2, 0.25) is 0 Å². The molecule has 0 fully saturated rings. The molecule has 0 unspecified atom stereocenters. The fourth-order valence-electron chi connectivity index (χ4n) is 1.83. The van der Waals surface area contributed by atoms with E-state index in [0.717, 1.165) is 11.1 Å². The summed E-state index contributed by atoms with van der Waals surface area (Å²) in [6.07, 6.45) is 0. The van der Waals surface area contributed by atoms with E-state index in [0.29, 0.717) is 5.75 Å². The van der Waals surface area contributed by atoms with Gasteiger partial charge in [-0.25, -0.2) is 4.79 Å². The number of benzene rings is 2. The summed E-state index contributed by atoms with van der Waals surface area (Å²) in [5, 5.41) is 9.69. The summed E-state index contributed by atoms with van der Waals surface area (Å²) in [6.45, 7) is 2.14. The van der Waals surface area contributed by atoms with Crippen LogP contribution in [0.4, 0.5) is 0 Å². The molecule has 1 N–H and O–H groups in total. The van der Waals surface area contributed by atoms with E-state index in [2.05, 4.69) is 0 Å². The van der Waals surface area contributed by atoms with E-state index in [4.69, 9.17) is 9.47 Å². The van der Waals surface area contributed by atoms with Crippen LogP contribution in [0, 0.1) is 6.92 Å². The Morgan fingerprint density at radius 3 is 2.70 bits per heavy atom. The monoisotopic (exact) mass is 272 g/mol. The number of ether oxygens (including phenoxy) is 2. The van der Waals surface area contributed by atoms with Gasteiger partial charge in [-0.15, -0.1) is 0 Å². The lowest BCUT2D eigenvalue weighted by Crippen LogP contribution is -2.06. The number of aromatic hydroxyl groups is 1. The molecule has 0 radical (unpaired) electrons. The van der Waals surface area contributed by atoms with Crippen LogP contribution in [0.3, 0.4) is 0 Å². The van der Waals surface area contributed by atoms with Crippen LogP contribution >= 0.6 is 0 Å². The number of hydrogen-bond acceptors (Lipinski definition) is 4. The van der Waals surface area contributed by atoms with E-state index in [9.17, 15) is 9.90 Å². The lowest BCUT2D eigenvalue weighted by atomic mass is 10.1. The highest BCUT2D eigenvalue weighted by Gasteiger charge is 2.14. The Bertz CT molecular complexity index is 620. The molecule has 0 saturated heterocycles. The molecule has 2 rings (SSSR count). The molecule has 0 heterocycles. The van der Waals surface area contributed by atoms with Gasteiger partial charge in [0.25, 0.3) is 0 Å². The zero-order valence-electron chi connectivity index (χ0n) is 11.4. The normalized spacial score (nSPS) is 10.1. The first-order chi connectivity index (χ1) is 9.60.